The van der Waals surface area contributed by atoms with Crippen LogP contribution in [0.5, 0.6) is 0 Å². The first-order valence-electron chi connectivity index (χ1n) is 9.34. The highest BCUT2D eigenvalue weighted by atomic mass is 35.5. The third-order valence-electron chi connectivity index (χ3n) is 5.03. The fourth-order valence-electron chi connectivity index (χ4n) is 3.46. The molecule has 0 unspecified atom stereocenters. The molecule has 0 saturated carbocycles. The molecule has 0 bridgehead atoms. The summed E-state index contributed by atoms with van der Waals surface area (Å²) in [4.78, 5) is 0. The molecule has 4 rings (SSSR count). The average molecular weight is 387 g/mol. The van der Waals surface area contributed by atoms with Crippen molar-refractivity contribution in [3.8, 4) is 22.3 Å². The third-order valence-corrected chi connectivity index (χ3v) is 5.29. The maximum atomic E-state index is 15.1. The van der Waals surface area contributed by atoms with E-state index in [2.05, 4.69) is 30.8 Å². The highest BCUT2D eigenvalue weighted by molar-refractivity contribution is 6.30. The fraction of sp³-hybridized carbons (Fsp3) is 0.0769. The van der Waals surface area contributed by atoms with Crippen molar-refractivity contribution in [2.45, 2.75) is 12.8 Å². The Balaban J connectivity index is 1.69. The number of benzene rings is 4. The van der Waals surface area contributed by atoms with Gasteiger partial charge in [0.1, 0.15) is 5.82 Å². The lowest BCUT2D eigenvalue weighted by molar-refractivity contribution is 0.643. The SMILES string of the molecule is C=CCCc1ccc(-c2ccc3c(F)c(-c4ccc(Cl)cc4)ccc3c2)cc1. The molecule has 0 N–H and O–H groups in total. The Bertz CT molecular complexity index is 1130. The molecule has 0 radical (unpaired) electrons. The zero-order valence-electron chi connectivity index (χ0n) is 15.5. The fourth-order valence-corrected chi connectivity index (χ4v) is 3.58. The van der Waals surface area contributed by atoms with Crippen LogP contribution in [0.15, 0.2) is 91.5 Å². The van der Waals surface area contributed by atoms with Gasteiger partial charge in [-0.05, 0) is 58.7 Å². The van der Waals surface area contributed by atoms with Crippen molar-refractivity contribution >= 4 is 22.4 Å². The van der Waals surface area contributed by atoms with Crippen molar-refractivity contribution in [2.24, 2.45) is 0 Å². The van der Waals surface area contributed by atoms with Crippen molar-refractivity contribution < 1.29 is 4.39 Å². The Kier molecular flexibility index (Phi) is 5.27. The van der Waals surface area contributed by atoms with Crippen LogP contribution in [0.4, 0.5) is 4.39 Å². The molecule has 0 aliphatic heterocycles. The Morgan fingerprint density at radius 3 is 2.18 bits per heavy atom. The Labute approximate surface area is 169 Å². The van der Waals surface area contributed by atoms with E-state index in [1.54, 1.807) is 12.1 Å². The number of allylic oxidation sites excluding steroid dienone is 1. The summed E-state index contributed by atoms with van der Waals surface area (Å²) in [6.45, 7) is 3.77. The molecule has 0 heterocycles. The molecule has 28 heavy (non-hydrogen) atoms. The zero-order valence-corrected chi connectivity index (χ0v) is 16.2. The molecular formula is C26H20ClF. The van der Waals surface area contributed by atoms with E-state index in [1.807, 2.05) is 48.5 Å². The van der Waals surface area contributed by atoms with E-state index in [9.17, 15) is 0 Å². The summed E-state index contributed by atoms with van der Waals surface area (Å²) in [6.07, 6.45) is 3.91. The molecule has 4 aromatic rings. The lowest BCUT2D eigenvalue weighted by Crippen LogP contribution is -1.88. The summed E-state index contributed by atoms with van der Waals surface area (Å²) in [6, 6.07) is 25.5. The number of hydrogen-bond donors (Lipinski definition) is 0. The maximum Gasteiger partial charge on any atom is 0.138 e. The molecule has 0 aromatic heterocycles. The van der Waals surface area contributed by atoms with Crippen LogP contribution in [0, 0.1) is 5.82 Å². The van der Waals surface area contributed by atoms with Crippen molar-refractivity contribution in [1.29, 1.82) is 0 Å². The number of fused-ring (bicyclic) bond motifs is 1. The van der Waals surface area contributed by atoms with E-state index in [1.165, 1.54) is 5.56 Å². The van der Waals surface area contributed by atoms with E-state index < -0.39 is 0 Å². The highest BCUT2D eigenvalue weighted by Crippen LogP contribution is 2.32. The molecule has 0 amide bonds. The summed E-state index contributed by atoms with van der Waals surface area (Å²) in [7, 11) is 0. The Morgan fingerprint density at radius 2 is 1.46 bits per heavy atom. The van der Waals surface area contributed by atoms with Gasteiger partial charge in [0.2, 0.25) is 0 Å². The largest absolute Gasteiger partial charge is 0.206 e. The van der Waals surface area contributed by atoms with Crippen LogP contribution in [0.3, 0.4) is 0 Å². The molecule has 0 atom stereocenters. The first-order valence-corrected chi connectivity index (χ1v) is 9.72. The smallest absolute Gasteiger partial charge is 0.138 e. The number of aryl methyl sites for hydroxylation is 1. The predicted molar refractivity (Wildman–Crippen MR) is 118 cm³/mol. The van der Waals surface area contributed by atoms with Gasteiger partial charge in [0.15, 0.2) is 0 Å². The van der Waals surface area contributed by atoms with Crippen LogP contribution in [-0.4, -0.2) is 0 Å². The topological polar surface area (TPSA) is 0 Å². The molecule has 4 aromatic carbocycles. The van der Waals surface area contributed by atoms with Crippen LogP contribution in [-0.2, 0) is 6.42 Å². The van der Waals surface area contributed by atoms with Gasteiger partial charge in [-0.2, -0.15) is 0 Å². The van der Waals surface area contributed by atoms with Gasteiger partial charge >= 0.3 is 0 Å². The van der Waals surface area contributed by atoms with Crippen molar-refractivity contribution in [1.82, 2.24) is 0 Å². The second-order valence-electron chi connectivity index (χ2n) is 6.89. The molecule has 0 nitrogen and oxygen atoms in total. The standard InChI is InChI=1S/C26H20ClF/c1-2-3-4-18-5-7-19(8-6-18)21-11-15-25-22(17-21)12-16-24(26(25)28)20-9-13-23(27)14-10-20/h2,5-17H,1,3-4H2. The van der Waals surface area contributed by atoms with Gasteiger partial charge in [-0.15, -0.1) is 6.58 Å². The minimum Gasteiger partial charge on any atom is -0.206 e. The summed E-state index contributed by atoms with van der Waals surface area (Å²) in [5.74, 6) is -0.203. The number of hydrogen-bond acceptors (Lipinski definition) is 0. The monoisotopic (exact) mass is 386 g/mol. The van der Waals surface area contributed by atoms with Crippen LogP contribution >= 0.6 is 11.6 Å². The molecule has 138 valence electrons. The first kappa shape index (κ1) is 18.5. The maximum absolute atomic E-state index is 15.1. The zero-order chi connectivity index (χ0) is 19.5. The molecule has 0 saturated heterocycles. The predicted octanol–water partition coefficient (Wildman–Crippen LogP) is 8.08. The van der Waals surface area contributed by atoms with Gasteiger partial charge in [-0.25, -0.2) is 4.39 Å². The summed E-state index contributed by atoms with van der Waals surface area (Å²) >= 11 is 5.95. The van der Waals surface area contributed by atoms with E-state index in [-0.39, 0.29) is 5.82 Å². The summed E-state index contributed by atoms with van der Waals surface area (Å²) < 4.78 is 15.1. The van der Waals surface area contributed by atoms with Gasteiger partial charge in [0.25, 0.3) is 0 Å². The Hall–Kier alpha value is -2.90. The minimum atomic E-state index is -0.203. The van der Waals surface area contributed by atoms with Gasteiger partial charge < -0.3 is 0 Å². The molecular weight excluding hydrogens is 367 g/mol. The van der Waals surface area contributed by atoms with Crippen molar-refractivity contribution in [3.63, 3.8) is 0 Å². The third kappa shape index (κ3) is 3.72. The van der Waals surface area contributed by atoms with E-state index in [4.69, 9.17) is 11.6 Å². The average Bonchev–Trinajstić information content (AvgIpc) is 2.73. The van der Waals surface area contributed by atoms with Crippen LogP contribution in [0.2, 0.25) is 5.02 Å². The minimum absolute atomic E-state index is 0.203. The second kappa shape index (κ2) is 8.00. The van der Waals surface area contributed by atoms with Gasteiger partial charge in [-0.3, -0.25) is 0 Å². The number of rotatable bonds is 5. The first-order chi connectivity index (χ1) is 13.7. The normalized spacial score (nSPS) is 10.9. The lowest BCUT2D eigenvalue weighted by atomic mass is 9.96. The van der Waals surface area contributed by atoms with Gasteiger partial charge in [0, 0.05) is 16.0 Å². The van der Waals surface area contributed by atoms with Crippen molar-refractivity contribution in [3.05, 3.63) is 108 Å². The van der Waals surface area contributed by atoms with E-state index in [0.717, 1.165) is 34.9 Å². The molecule has 0 fully saturated rings. The second-order valence-corrected chi connectivity index (χ2v) is 7.33. The van der Waals surface area contributed by atoms with E-state index in [0.29, 0.717) is 16.0 Å². The molecule has 0 aliphatic carbocycles. The highest BCUT2D eigenvalue weighted by Gasteiger charge is 2.10. The quantitative estimate of drug-likeness (QED) is 0.304. The van der Waals surface area contributed by atoms with Crippen molar-refractivity contribution in [2.75, 3.05) is 0 Å². The lowest BCUT2D eigenvalue weighted by Gasteiger charge is -2.10. The van der Waals surface area contributed by atoms with Crippen LogP contribution < -0.4 is 0 Å². The Morgan fingerprint density at radius 1 is 0.786 bits per heavy atom. The van der Waals surface area contributed by atoms with Gasteiger partial charge in [0.05, 0.1) is 0 Å². The van der Waals surface area contributed by atoms with Crippen LogP contribution in [0.25, 0.3) is 33.0 Å². The molecule has 0 aliphatic rings. The number of halogens is 2. The summed E-state index contributed by atoms with van der Waals surface area (Å²) in [5.41, 5.74) is 4.92. The summed E-state index contributed by atoms with van der Waals surface area (Å²) in [5, 5.41) is 2.16. The van der Waals surface area contributed by atoms with Crippen LogP contribution in [0.1, 0.15) is 12.0 Å². The molecule has 0 spiro atoms. The van der Waals surface area contributed by atoms with E-state index >= 15 is 4.39 Å². The molecule has 2 heteroatoms. The van der Waals surface area contributed by atoms with Gasteiger partial charge in [-0.1, -0.05) is 78.3 Å².